The number of anilines is 1. The van der Waals surface area contributed by atoms with Crippen molar-refractivity contribution >= 4 is 23.5 Å². The fraction of sp³-hybridized carbons (Fsp3) is 0.263. The van der Waals surface area contributed by atoms with Gasteiger partial charge in [0, 0.05) is 17.8 Å². The highest BCUT2D eigenvalue weighted by Crippen LogP contribution is 2.17. The molecule has 0 radical (unpaired) electrons. The summed E-state index contributed by atoms with van der Waals surface area (Å²) in [5, 5.41) is 17.8. The molecule has 1 amide bonds. The van der Waals surface area contributed by atoms with E-state index >= 15 is 0 Å². The second-order valence-corrected chi connectivity index (χ2v) is 6.01. The summed E-state index contributed by atoms with van der Waals surface area (Å²) in [5.74, 6) is -0.245. The lowest BCUT2D eigenvalue weighted by Crippen LogP contribution is -2.37. The molecule has 26 heavy (non-hydrogen) atoms. The highest BCUT2D eigenvalue weighted by molar-refractivity contribution is 5.87. The topological polar surface area (TPSA) is 96.6 Å². The molecule has 0 bridgehead atoms. The largest absolute Gasteiger partial charge is 0.373 e. The molecule has 0 aliphatic heterocycles. The van der Waals surface area contributed by atoms with Gasteiger partial charge < -0.3 is 5.32 Å². The predicted molar refractivity (Wildman–Crippen MR) is 102 cm³/mol. The molecule has 2 aromatic rings. The molecule has 0 spiro atoms. The van der Waals surface area contributed by atoms with E-state index < -0.39 is 11.0 Å². The van der Waals surface area contributed by atoms with E-state index in [0.717, 1.165) is 11.3 Å². The summed E-state index contributed by atoms with van der Waals surface area (Å²) in [4.78, 5) is 22.5. The maximum absolute atomic E-state index is 12.3. The first kappa shape index (κ1) is 19.1. The Morgan fingerprint density at radius 2 is 1.92 bits per heavy atom. The molecule has 0 aliphatic rings. The zero-order valence-electron chi connectivity index (χ0n) is 15.0. The standard InChI is InChI=1S/C19H22N4O3/c1-4-17(21-18-10-5-13(2)11-14(18)3)19(24)22-20-12-15-6-8-16(9-7-15)23(25)26/h5-12,17,21H,4H2,1-3H3,(H,22,24)/b20-12-. The van der Waals surface area contributed by atoms with Crippen LogP contribution in [0.4, 0.5) is 11.4 Å². The van der Waals surface area contributed by atoms with Gasteiger partial charge in [-0.15, -0.1) is 0 Å². The lowest BCUT2D eigenvalue weighted by Gasteiger charge is -2.18. The Hall–Kier alpha value is -3.22. The zero-order chi connectivity index (χ0) is 19.1. The average molecular weight is 354 g/mol. The van der Waals surface area contributed by atoms with Crippen LogP contribution in [0.2, 0.25) is 0 Å². The van der Waals surface area contributed by atoms with E-state index in [-0.39, 0.29) is 11.6 Å². The number of hydrogen-bond acceptors (Lipinski definition) is 5. The smallest absolute Gasteiger partial charge is 0.269 e. The van der Waals surface area contributed by atoms with Gasteiger partial charge in [0.2, 0.25) is 0 Å². The van der Waals surface area contributed by atoms with Crippen LogP contribution in [0, 0.1) is 24.0 Å². The number of non-ortho nitro benzene ring substituents is 1. The number of aryl methyl sites for hydroxylation is 2. The number of amides is 1. The van der Waals surface area contributed by atoms with Crippen LogP contribution in [-0.4, -0.2) is 23.1 Å². The van der Waals surface area contributed by atoms with Crippen LogP contribution in [0.5, 0.6) is 0 Å². The Balaban J connectivity index is 1.96. The van der Waals surface area contributed by atoms with Gasteiger partial charge in [0.15, 0.2) is 0 Å². The molecule has 0 fully saturated rings. The van der Waals surface area contributed by atoms with Gasteiger partial charge in [-0.2, -0.15) is 5.10 Å². The Kier molecular flexibility index (Phi) is 6.43. The van der Waals surface area contributed by atoms with Crippen LogP contribution < -0.4 is 10.7 Å². The van der Waals surface area contributed by atoms with Crippen LogP contribution in [-0.2, 0) is 4.79 Å². The van der Waals surface area contributed by atoms with Gasteiger partial charge >= 0.3 is 0 Å². The lowest BCUT2D eigenvalue weighted by atomic mass is 10.1. The molecular formula is C19H22N4O3. The third-order valence-corrected chi connectivity index (χ3v) is 3.93. The quantitative estimate of drug-likeness (QED) is 0.451. The third kappa shape index (κ3) is 5.14. The van der Waals surface area contributed by atoms with Gasteiger partial charge in [-0.25, -0.2) is 5.43 Å². The van der Waals surface area contributed by atoms with Gasteiger partial charge in [-0.05, 0) is 49.6 Å². The van der Waals surface area contributed by atoms with E-state index in [0.29, 0.717) is 12.0 Å². The number of carbonyl (C=O) groups is 1. The Morgan fingerprint density at radius 3 is 2.50 bits per heavy atom. The highest BCUT2D eigenvalue weighted by Gasteiger charge is 2.16. The first-order valence-corrected chi connectivity index (χ1v) is 8.32. The van der Waals surface area contributed by atoms with E-state index in [4.69, 9.17) is 0 Å². The van der Waals surface area contributed by atoms with E-state index in [9.17, 15) is 14.9 Å². The normalized spacial score (nSPS) is 12.0. The van der Waals surface area contributed by atoms with E-state index in [1.807, 2.05) is 32.9 Å². The number of nitrogens with one attached hydrogen (secondary N) is 2. The summed E-state index contributed by atoms with van der Waals surface area (Å²) in [6.07, 6.45) is 2.05. The number of nitrogens with zero attached hydrogens (tertiary/aromatic N) is 2. The number of hydrazone groups is 1. The molecule has 2 N–H and O–H groups in total. The first-order valence-electron chi connectivity index (χ1n) is 8.32. The Morgan fingerprint density at radius 1 is 1.23 bits per heavy atom. The van der Waals surface area contributed by atoms with Gasteiger partial charge in [-0.3, -0.25) is 14.9 Å². The summed E-state index contributed by atoms with van der Waals surface area (Å²) in [5.41, 5.74) is 6.33. The van der Waals surface area contributed by atoms with E-state index in [2.05, 4.69) is 21.9 Å². The van der Waals surface area contributed by atoms with Crippen LogP contribution in [0.3, 0.4) is 0 Å². The molecule has 0 aliphatic carbocycles. The van der Waals surface area contributed by atoms with Crippen molar-refractivity contribution in [3.05, 3.63) is 69.3 Å². The first-order chi connectivity index (χ1) is 12.4. The van der Waals surface area contributed by atoms with Crippen molar-refractivity contribution in [1.82, 2.24) is 5.43 Å². The molecule has 7 heteroatoms. The van der Waals surface area contributed by atoms with Crippen molar-refractivity contribution in [3.63, 3.8) is 0 Å². The summed E-state index contributed by atoms with van der Waals surface area (Å²) in [7, 11) is 0. The van der Waals surface area contributed by atoms with Crippen LogP contribution in [0.25, 0.3) is 0 Å². The minimum Gasteiger partial charge on any atom is -0.373 e. The number of benzene rings is 2. The molecule has 1 atom stereocenters. The second kappa shape index (κ2) is 8.75. The highest BCUT2D eigenvalue weighted by atomic mass is 16.6. The molecule has 7 nitrogen and oxygen atoms in total. The van der Waals surface area contributed by atoms with Gasteiger partial charge in [0.1, 0.15) is 6.04 Å². The van der Waals surface area contributed by atoms with Crippen molar-refractivity contribution in [3.8, 4) is 0 Å². The van der Waals surface area contributed by atoms with Crippen LogP contribution >= 0.6 is 0 Å². The number of carbonyl (C=O) groups excluding carboxylic acids is 1. The summed E-state index contributed by atoms with van der Waals surface area (Å²) < 4.78 is 0. The molecule has 2 aromatic carbocycles. The molecule has 2 rings (SSSR count). The fourth-order valence-corrected chi connectivity index (χ4v) is 2.45. The minimum atomic E-state index is -0.465. The van der Waals surface area contributed by atoms with Gasteiger partial charge in [0.05, 0.1) is 11.1 Å². The summed E-state index contributed by atoms with van der Waals surface area (Å²) in [6.45, 7) is 5.93. The van der Waals surface area contributed by atoms with Crippen molar-refractivity contribution in [1.29, 1.82) is 0 Å². The number of hydrogen-bond donors (Lipinski definition) is 2. The van der Waals surface area contributed by atoms with Crippen molar-refractivity contribution in [2.75, 3.05) is 5.32 Å². The fourth-order valence-electron chi connectivity index (χ4n) is 2.45. The second-order valence-electron chi connectivity index (χ2n) is 6.01. The molecule has 0 heterocycles. The monoisotopic (exact) mass is 354 g/mol. The maximum Gasteiger partial charge on any atom is 0.269 e. The predicted octanol–water partition coefficient (Wildman–Crippen LogP) is 3.55. The molecule has 0 saturated heterocycles. The van der Waals surface area contributed by atoms with Crippen LogP contribution in [0.15, 0.2) is 47.6 Å². The summed E-state index contributed by atoms with van der Waals surface area (Å²) in [6, 6.07) is 11.5. The molecular weight excluding hydrogens is 332 g/mol. The Bertz CT molecular complexity index is 816. The number of nitro groups is 1. The molecule has 0 aromatic heterocycles. The van der Waals surface area contributed by atoms with E-state index in [1.54, 1.807) is 12.1 Å². The molecule has 1 unspecified atom stereocenters. The third-order valence-electron chi connectivity index (χ3n) is 3.93. The Labute approximate surface area is 152 Å². The maximum atomic E-state index is 12.3. The van der Waals surface area contributed by atoms with E-state index in [1.165, 1.54) is 23.9 Å². The van der Waals surface area contributed by atoms with Crippen LogP contribution in [0.1, 0.15) is 30.0 Å². The minimum absolute atomic E-state index is 0.00917. The lowest BCUT2D eigenvalue weighted by molar-refractivity contribution is -0.384. The van der Waals surface area contributed by atoms with Crippen molar-refractivity contribution in [2.45, 2.75) is 33.2 Å². The average Bonchev–Trinajstić information content (AvgIpc) is 2.61. The van der Waals surface area contributed by atoms with Crippen molar-refractivity contribution in [2.24, 2.45) is 5.10 Å². The zero-order valence-corrected chi connectivity index (χ0v) is 15.0. The number of nitro benzene ring substituents is 1. The van der Waals surface area contributed by atoms with Gasteiger partial charge in [-0.1, -0.05) is 24.6 Å². The molecule has 136 valence electrons. The number of rotatable bonds is 7. The summed E-state index contributed by atoms with van der Waals surface area (Å²) >= 11 is 0. The molecule has 0 saturated carbocycles. The van der Waals surface area contributed by atoms with Crippen molar-refractivity contribution < 1.29 is 9.72 Å². The SMILES string of the molecule is CCC(Nc1ccc(C)cc1C)C(=O)N/N=C\c1ccc([N+](=O)[O-])cc1. The van der Waals surface area contributed by atoms with Gasteiger partial charge in [0.25, 0.3) is 11.6 Å².